The summed E-state index contributed by atoms with van der Waals surface area (Å²) >= 11 is 0. The van der Waals surface area contributed by atoms with Crippen LogP contribution in [-0.2, 0) is 19.1 Å². The second-order valence-electron chi connectivity index (χ2n) is 11.3. The van der Waals surface area contributed by atoms with Crippen molar-refractivity contribution in [3.05, 3.63) is 47.0 Å². The molecule has 2 bridgehead atoms. The van der Waals surface area contributed by atoms with Crippen molar-refractivity contribution >= 4 is 17.5 Å². The van der Waals surface area contributed by atoms with E-state index in [9.17, 15) is 29.7 Å². The molecule has 8 heteroatoms. The molecule has 3 N–H and O–H groups in total. The van der Waals surface area contributed by atoms with Crippen LogP contribution in [0.4, 0.5) is 0 Å². The van der Waals surface area contributed by atoms with Gasteiger partial charge >= 0.3 is 5.97 Å². The van der Waals surface area contributed by atoms with Crippen LogP contribution in [0, 0.1) is 22.7 Å². The minimum Gasteiger partial charge on any atom is -0.455 e. The van der Waals surface area contributed by atoms with Crippen LogP contribution in [0.1, 0.15) is 50.9 Å². The molecule has 8 nitrogen and oxygen atoms in total. The number of hydrogen-bond acceptors (Lipinski definition) is 8. The molecule has 0 aromatic heterocycles. The third-order valence-electron chi connectivity index (χ3n) is 9.35. The predicted octanol–water partition coefficient (Wildman–Crippen LogP) is 1.60. The van der Waals surface area contributed by atoms with Gasteiger partial charge < -0.3 is 24.8 Å². The number of aliphatic hydroxyl groups is 3. The highest BCUT2D eigenvalue weighted by molar-refractivity contribution is 6.46. The lowest BCUT2D eigenvalue weighted by molar-refractivity contribution is -0.272. The number of ether oxygens (including phenoxy) is 2. The highest BCUT2D eigenvalue weighted by Gasteiger charge is 2.72. The Hall–Kier alpha value is -2.39. The lowest BCUT2D eigenvalue weighted by Gasteiger charge is -2.63. The molecular weight excluding hydrogens is 452 g/mol. The summed E-state index contributed by atoms with van der Waals surface area (Å²) in [5, 5.41) is 34.5. The summed E-state index contributed by atoms with van der Waals surface area (Å²) in [4.78, 5) is 40.9. The van der Waals surface area contributed by atoms with Gasteiger partial charge in [-0.25, -0.2) is 4.79 Å². The molecule has 1 heterocycles. The van der Waals surface area contributed by atoms with Crippen molar-refractivity contribution in [3.8, 4) is 0 Å². The van der Waals surface area contributed by atoms with Gasteiger partial charge in [-0.1, -0.05) is 32.0 Å². The highest BCUT2D eigenvalue weighted by Crippen LogP contribution is 2.61. The number of hydrogen-bond donors (Lipinski definition) is 3. The number of Topliss-reactive ketones (excluding diaryl/α,β-unsaturated/α-hetero) is 2. The van der Waals surface area contributed by atoms with Crippen LogP contribution in [0.2, 0.25) is 0 Å². The first-order valence-electron chi connectivity index (χ1n) is 12.1. The van der Waals surface area contributed by atoms with Gasteiger partial charge in [0.05, 0.1) is 35.9 Å². The van der Waals surface area contributed by atoms with E-state index in [2.05, 4.69) is 0 Å². The second-order valence-corrected chi connectivity index (χ2v) is 11.3. The first-order chi connectivity index (χ1) is 16.4. The molecule has 0 amide bonds. The Balaban J connectivity index is 1.75. The van der Waals surface area contributed by atoms with Crippen LogP contribution >= 0.6 is 0 Å². The largest absolute Gasteiger partial charge is 0.455 e. The average molecular weight is 485 g/mol. The number of aliphatic hydroxyl groups excluding tert-OH is 2. The molecule has 3 aliphatic carbocycles. The van der Waals surface area contributed by atoms with Gasteiger partial charge in [0.25, 0.3) is 0 Å². The van der Waals surface area contributed by atoms with Crippen molar-refractivity contribution in [2.75, 3.05) is 6.61 Å². The van der Waals surface area contributed by atoms with E-state index in [-0.39, 0.29) is 42.6 Å². The van der Waals surface area contributed by atoms with Crippen LogP contribution in [0.25, 0.3) is 0 Å². The van der Waals surface area contributed by atoms with Crippen molar-refractivity contribution in [2.45, 2.75) is 70.6 Å². The Labute approximate surface area is 203 Å². The van der Waals surface area contributed by atoms with Gasteiger partial charge in [-0.15, -0.1) is 0 Å². The monoisotopic (exact) mass is 484 g/mol. The van der Waals surface area contributed by atoms with Crippen LogP contribution in [0.15, 0.2) is 41.5 Å². The normalized spacial score (nSPS) is 42.3. The van der Waals surface area contributed by atoms with E-state index >= 15 is 0 Å². The van der Waals surface area contributed by atoms with Crippen LogP contribution < -0.4 is 0 Å². The third kappa shape index (κ3) is 3.10. The molecule has 2 saturated carbocycles. The molecule has 35 heavy (non-hydrogen) atoms. The molecule has 3 fully saturated rings. The van der Waals surface area contributed by atoms with E-state index in [0.717, 1.165) is 0 Å². The number of ketones is 2. The number of esters is 1. The first kappa shape index (κ1) is 24.3. The highest BCUT2D eigenvalue weighted by atomic mass is 16.6. The fourth-order valence-corrected chi connectivity index (χ4v) is 6.99. The maximum absolute atomic E-state index is 13.9. The molecule has 1 aromatic carbocycles. The van der Waals surface area contributed by atoms with Crippen molar-refractivity contribution < 1.29 is 39.2 Å². The maximum atomic E-state index is 13.9. The average Bonchev–Trinajstić information content (AvgIpc) is 2.80. The Morgan fingerprint density at radius 3 is 2.37 bits per heavy atom. The number of benzene rings is 1. The Morgan fingerprint density at radius 2 is 1.77 bits per heavy atom. The quantitative estimate of drug-likeness (QED) is 0.426. The molecule has 0 spiro atoms. The fourth-order valence-electron chi connectivity index (χ4n) is 6.99. The Morgan fingerprint density at radius 1 is 1.11 bits per heavy atom. The zero-order valence-electron chi connectivity index (χ0n) is 20.4. The standard InChI is InChI=1S/C27H32O8/c1-13-16(28)11-27(33)23(35-24(32)14-8-6-5-7-9-14)20-15-12-34-17(15)10-18(29)26(20,4)22(31)21(30)19(13)25(27,2)3/h5-9,15-18,20,23,28-29,33H,10-12H2,1-4H3/t15-,16+,17-,18?,20+,23+,26-,27-/m1/s1. The smallest absolute Gasteiger partial charge is 0.338 e. The molecule has 1 aliphatic heterocycles. The topological polar surface area (TPSA) is 130 Å². The molecular formula is C27H32O8. The summed E-state index contributed by atoms with van der Waals surface area (Å²) in [6.07, 6.45) is -4.15. The summed E-state index contributed by atoms with van der Waals surface area (Å²) < 4.78 is 11.7. The van der Waals surface area contributed by atoms with E-state index in [1.54, 1.807) is 51.1 Å². The molecule has 1 unspecified atom stereocenters. The zero-order chi connectivity index (χ0) is 25.5. The summed E-state index contributed by atoms with van der Waals surface area (Å²) in [6.45, 7) is 6.64. The van der Waals surface area contributed by atoms with Crippen LogP contribution in [0.5, 0.6) is 0 Å². The number of carbonyl (C=O) groups excluding carboxylic acids is 3. The summed E-state index contributed by atoms with van der Waals surface area (Å²) in [5.41, 5.74) is -4.24. The number of fused-ring (bicyclic) bond motifs is 5. The van der Waals surface area contributed by atoms with Gasteiger partial charge in [-0.3, -0.25) is 9.59 Å². The SMILES string of the molecule is CC1=C2C(=O)C(=O)[C@]3(C)C(O)C[C@H]4OC[C@H]4[C@H]3[C@H](OC(=O)c3ccccc3)[C@](O)(C[C@@H]1O)C2(C)C. The van der Waals surface area contributed by atoms with E-state index in [0.29, 0.717) is 5.57 Å². The van der Waals surface area contributed by atoms with Crippen molar-refractivity contribution in [2.24, 2.45) is 22.7 Å². The fraction of sp³-hybridized carbons (Fsp3) is 0.593. The molecule has 188 valence electrons. The van der Waals surface area contributed by atoms with Gasteiger partial charge in [-0.2, -0.15) is 0 Å². The lowest BCUT2D eigenvalue weighted by Crippen LogP contribution is -2.74. The number of carbonyl (C=O) groups is 3. The first-order valence-corrected chi connectivity index (χ1v) is 12.1. The van der Waals surface area contributed by atoms with Gasteiger partial charge in [0.2, 0.25) is 11.6 Å². The summed E-state index contributed by atoms with van der Waals surface area (Å²) in [5.74, 6) is -3.52. The maximum Gasteiger partial charge on any atom is 0.338 e. The molecule has 8 atom stereocenters. The molecule has 4 aliphatic rings. The van der Waals surface area contributed by atoms with Crippen molar-refractivity contribution in [1.29, 1.82) is 0 Å². The summed E-state index contributed by atoms with van der Waals surface area (Å²) in [6, 6.07) is 8.31. The van der Waals surface area contributed by atoms with Gasteiger partial charge in [0.1, 0.15) is 11.7 Å². The molecule has 0 radical (unpaired) electrons. The third-order valence-corrected chi connectivity index (χ3v) is 9.35. The Bertz CT molecular complexity index is 1120. The lowest BCUT2D eigenvalue weighted by atomic mass is 9.46. The van der Waals surface area contributed by atoms with E-state index in [1.165, 1.54) is 6.92 Å². The predicted molar refractivity (Wildman–Crippen MR) is 123 cm³/mol. The zero-order valence-corrected chi connectivity index (χ0v) is 20.4. The van der Waals surface area contributed by atoms with Gasteiger partial charge in [-0.05, 0) is 31.6 Å². The van der Waals surface area contributed by atoms with E-state index in [1.807, 2.05) is 0 Å². The molecule has 1 saturated heterocycles. The van der Waals surface area contributed by atoms with Crippen molar-refractivity contribution in [3.63, 3.8) is 0 Å². The van der Waals surface area contributed by atoms with Crippen LogP contribution in [-0.4, -0.2) is 69.5 Å². The van der Waals surface area contributed by atoms with Gasteiger partial charge in [0.15, 0.2) is 0 Å². The molecule has 5 rings (SSSR count). The number of rotatable bonds is 2. The summed E-state index contributed by atoms with van der Waals surface area (Å²) in [7, 11) is 0. The second kappa shape index (κ2) is 7.80. The minimum absolute atomic E-state index is 0.0170. The van der Waals surface area contributed by atoms with E-state index < -0.39 is 58.2 Å². The molecule has 1 aromatic rings. The van der Waals surface area contributed by atoms with Crippen LogP contribution in [0.3, 0.4) is 0 Å². The Kier molecular flexibility index (Phi) is 5.42. The van der Waals surface area contributed by atoms with Gasteiger partial charge in [0, 0.05) is 35.7 Å². The minimum atomic E-state index is -1.90. The van der Waals surface area contributed by atoms with E-state index in [4.69, 9.17) is 9.47 Å². The van der Waals surface area contributed by atoms with Crippen molar-refractivity contribution in [1.82, 2.24) is 0 Å².